The van der Waals surface area contributed by atoms with Crippen molar-refractivity contribution >= 4 is 5.69 Å². The molecule has 4 heteroatoms. The van der Waals surface area contributed by atoms with Crippen LogP contribution >= 0.6 is 0 Å². The number of nitrogens with one attached hydrogen (secondary N) is 1. The minimum atomic E-state index is -0.509. The van der Waals surface area contributed by atoms with Crippen molar-refractivity contribution < 1.29 is 14.2 Å². The van der Waals surface area contributed by atoms with E-state index in [1.54, 1.807) is 18.2 Å². The first-order chi connectivity index (χ1) is 9.02. The van der Waals surface area contributed by atoms with Crippen LogP contribution in [0.5, 0.6) is 0 Å². The van der Waals surface area contributed by atoms with Gasteiger partial charge in [0.25, 0.3) is 0 Å². The fourth-order valence-corrected chi connectivity index (χ4v) is 2.70. The number of para-hydroxylation sites is 1. The van der Waals surface area contributed by atoms with Crippen molar-refractivity contribution in [1.82, 2.24) is 0 Å². The minimum absolute atomic E-state index is 0.0275. The Balaban J connectivity index is 2.21. The first kappa shape index (κ1) is 14.3. The average Bonchev–Trinajstić information content (AvgIpc) is 2.42. The fourth-order valence-electron chi connectivity index (χ4n) is 2.70. The van der Waals surface area contributed by atoms with Crippen LogP contribution in [0.2, 0.25) is 0 Å². The molecule has 0 aliphatic carbocycles. The summed E-state index contributed by atoms with van der Waals surface area (Å²) < 4.78 is 19.5. The van der Waals surface area contributed by atoms with Gasteiger partial charge in [0.1, 0.15) is 5.82 Å². The zero-order valence-electron chi connectivity index (χ0n) is 11.6. The van der Waals surface area contributed by atoms with Crippen LogP contribution in [0.3, 0.4) is 0 Å². The zero-order chi connectivity index (χ0) is 13.9. The second kappa shape index (κ2) is 5.47. The highest BCUT2D eigenvalue weighted by molar-refractivity contribution is 5.47. The predicted molar refractivity (Wildman–Crippen MR) is 73.7 cm³/mol. The van der Waals surface area contributed by atoms with Crippen molar-refractivity contribution in [2.45, 2.75) is 44.2 Å². The lowest BCUT2D eigenvalue weighted by atomic mass is 9.79. The van der Waals surface area contributed by atoms with Crippen molar-refractivity contribution in [1.29, 1.82) is 0 Å². The summed E-state index contributed by atoms with van der Waals surface area (Å²) in [5.41, 5.74) is -0.332. The zero-order valence-corrected chi connectivity index (χ0v) is 11.6. The molecule has 19 heavy (non-hydrogen) atoms. The molecule has 2 N–H and O–H groups in total. The third-order valence-electron chi connectivity index (χ3n) is 4.07. The molecule has 2 unspecified atom stereocenters. The van der Waals surface area contributed by atoms with Gasteiger partial charge in [-0.25, -0.2) is 4.39 Å². The second-order valence-corrected chi connectivity index (χ2v) is 5.62. The van der Waals surface area contributed by atoms with Crippen LogP contribution in [0.1, 0.15) is 33.1 Å². The number of aliphatic hydroxyl groups is 1. The van der Waals surface area contributed by atoms with Gasteiger partial charge < -0.3 is 15.2 Å². The molecular weight excluding hydrogens is 245 g/mol. The summed E-state index contributed by atoms with van der Waals surface area (Å²) in [4.78, 5) is 0. The number of aliphatic hydroxyl groups excluding tert-OH is 1. The lowest BCUT2D eigenvalue weighted by Crippen LogP contribution is -2.54. The monoisotopic (exact) mass is 267 g/mol. The molecule has 0 radical (unpaired) electrons. The number of halogens is 1. The average molecular weight is 267 g/mol. The van der Waals surface area contributed by atoms with Gasteiger partial charge in [-0.2, -0.15) is 0 Å². The molecule has 0 bridgehead atoms. The molecule has 2 atom stereocenters. The van der Waals surface area contributed by atoms with Crippen LogP contribution < -0.4 is 5.32 Å². The number of benzene rings is 1. The van der Waals surface area contributed by atoms with Crippen LogP contribution in [-0.2, 0) is 4.74 Å². The van der Waals surface area contributed by atoms with Gasteiger partial charge in [-0.3, -0.25) is 0 Å². The summed E-state index contributed by atoms with van der Waals surface area (Å²) in [6, 6.07) is 6.57. The Bertz CT molecular complexity index is 440. The van der Waals surface area contributed by atoms with Crippen LogP contribution in [0.25, 0.3) is 0 Å². The highest BCUT2D eigenvalue weighted by atomic mass is 19.1. The SMILES string of the molecule is CCC1(C)CC(CO)(Nc2ccccc2F)CCO1. The first-order valence-electron chi connectivity index (χ1n) is 6.80. The Morgan fingerprint density at radius 3 is 2.79 bits per heavy atom. The summed E-state index contributed by atoms with van der Waals surface area (Å²) in [5, 5.41) is 13.0. The summed E-state index contributed by atoms with van der Waals surface area (Å²) in [6.45, 7) is 4.66. The maximum Gasteiger partial charge on any atom is 0.146 e. The maximum absolute atomic E-state index is 13.8. The van der Waals surface area contributed by atoms with Gasteiger partial charge in [0.2, 0.25) is 0 Å². The van der Waals surface area contributed by atoms with Crippen LogP contribution in [0, 0.1) is 5.82 Å². The van der Waals surface area contributed by atoms with Gasteiger partial charge in [0.05, 0.1) is 23.4 Å². The molecule has 1 saturated heterocycles. The Hall–Kier alpha value is -1.13. The molecule has 1 heterocycles. The van der Waals surface area contributed by atoms with E-state index in [0.29, 0.717) is 25.1 Å². The first-order valence-corrected chi connectivity index (χ1v) is 6.80. The van der Waals surface area contributed by atoms with Crippen LogP contribution in [-0.4, -0.2) is 29.5 Å². The summed E-state index contributed by atoms with van der Waals surface area (Å²) in [7, 11) is 0. The molecule has 1 aromatic carbocycles. The molecule has 1 fully saturated rings. The van der Waals surface area contributed by atoms with Crippen LogP contribution in [0.15, 0.2) is 24.3 Å². The molecule has 1 aliphatic heterocycles. The van der Waals surface area contributed by atoms with E-state index in [4.69, 9.17) is 4.74 Å². The van der Waals surface area contributed by atoms with E-state index in [1.807, 2.05) is 6.92 Å². The number of rotatable bonds is 4. The maximum atomic E-state index is 13.8. The smallest absolute Gasteiger partial charge is 0.146 e. The van der Waals surface area contributed by atoms with E-state index in [2.05, 4.69) is 12.2 Å². The number of hydrogen-bond acceptors (Lipinski definition) is 3. The van der Waals surface area contributed by atoms with Crippen molar-refractivity contribution in [3.05, 3.63) is 30.1 Å². The largest absolute Gasteiger partial charge is 0.394 e. The highest BCUT2D eigenvalue weighted by Gasteiger charge is 2.42. The van der Waals surface area contributed by atoms with Gasteiger partial charge >= 0.3 is 0 Å². The molecule has 106 valence electrons. The third kappa shape index (κ3) is 3.07. The number of anilines is 1. The molecule has 0 saturated carbocycles. The molecule has 0 amide bonds. The molecule has 1 aliphatic rings. The molecule has 1 aromatic rings. The van der Waals surface area contributed by atoms with E-state index in [1.165, 1.54) is 6.07 Å². The number of hydrogen-bond donors (Lipinski definition) is 2. The second-order valence-electron chi connectivity index (χ2n) is 5.62. The van der Waals surface area contributed by atoms with Crippen molar-refractivity contribution in [3.8, 4) is 0 Å². The molecule has 3 nitrogen and oxygen atoms in total. The van der Waals surface area contributed by atoms with E-state index in [-0.39, 0.29) is 18.0 Å². The van der Waals surface area contributed by atoms with Gasteiger partial charge in [-0.05, 0) is 31.9 Å². The predicted octanol–water partition coefficient (Wildman–Crippen LogP) is 2.95. The Kier molecular flexibility index (Phi) is 4.11. The molecule has 0 spiro atoms. The van der Waals surface area contributed by atoms with Gasteiger partial charge in [-0.15, -0.1) is 0 Å². The fraction of sp³-hybridized carbons (Fsp3) is 0.600. The summed E-state index contributed by atoms with van der Waals surface area (Å²) in [5.74, 6) is -0.292. The van der Waals surface area contributed by atoms with Gasteiger partial charge in [0.15, 0.2) is 0 Å². The van der Waals surface area contributed by atoms with Gasteiger partial charge in [0, 0.05) is 13.0 Å². The minimum Gasteiger partial charge on any atom is -0.394 e. The van der Waals surface area contributed by atoms with E-state index < -0.39 is 5.54 Å². The Morgan fingerprint density at radius 2 is 2.16 bits per heavy atom. The summed E-state index contributed by atoms with van der Waals surface area (Å²) in [6.07, 6.45) is 2.21. The van der Waals surface area contributed by atoms with Crippen molar-refractivity contribution in [2.75, 3.05) is 18.5 Å². The Morgan fingerprint density at radius 1 is 1.42 bits per heavy atom. The van der Waals surface area contributed by atoms with E-state index >= 15 is 0 Å². The normalized spacial score (nSPS) is 31.2. The van der Waals surface area contributed by atoms with Crippen LogP contribution in [0.4, 0.5) is 10.1 Å². The molecular formula is C15H22FNO2. The summed E-state index contributed by atoms with van der Waals surface area (Å²) >= 11 is 0. The Labute approximate surface area is 113 Å². The van der Waals surface area contributed by atoms with E-state index in [0.717, 1.165) is 6.42 Å². The third-order valence-corrected chi connectivity index (χ3v) is 4.07. The quantitative estimate of drug-likeness (QED) is 0.881. The lowest BCUT2D eigenvalue weighted by Gasteiger charge is -2.46. The van der Waals surface area contributed by atoms with Crippen molar-refractivity contribution in [3.63, 3.8) is 0 Å². The van der Waals surface area contributed by atoms with E-state index in [9.17, 15) is 9.50 Å². The highest BCUT2D eigenvalue weighted by Crippen LogP contribution is 2.36. The lowest BCUT2D eigenvalue weighted by molar-refractivity contribution is -0.0974. The van der Waals surface area contributed by atoms with Crippen molar-refractivity contribution in [2.24, 2.45) is 0 Å². The van der Waals surface area contributed by atoms with Gasteiger partial charge in [-0.1, -0.05) is 19.1 Å². The molecule has 2 rings (SSSR count). The molecule has 0 aromatic heterocycles. The standard InChI is InChI=1S/C15H22FNO2/c1-3-14(2)10-15(11-18,8-9-19-14)17-13-7-5-4-6-12(13)16/h4-7,17-18H,3,8-11H2,1-2H3. The number of ether oxygens (including phenoxy) is 1. The topological polar surface area (TPSA) is 41.5 Å².